The lowest BCUT2D eigenvalue weighted by Gasteiger charge is -2.35. The van der Waals surface area contributed by atoms with Gasteiger partial charge in [0.1, 0.15) is 0 Å². The van der Waals surface area contributed by atoms with Crippen LogP contribution >= 0.6 is 0 Å². The van der Waals surface area contributed by atoms with Crippen LogP contribution in [0.4, 0.5) is 11.5 Å². The number of nitrogen functional groups attached to an aromatic ring is 1. The van der Waals surface area contributed by atoms with E-state index >= 15 is 0 Å². The zero-order valence-corrected chi connectivity index (χ0v) is 11.0. The molecule has 0 atom stereocenters. The standard InChI is InChI=1S/C13H22N4O/c1-18-11-3-6-16-7-9-17(10-8-16)13-12(14)4-2-5-15-13/h2,4-5H,3,6-11,14H2,1H3. The Morgan fingerprint density at radius 2 is 2.11 bits per heavy atom. The van der Waals surface area contributed by atoms with Gasteiger partial charge in [0, 0.05) is 52.6 Å². The van der Waals surface area contributed by atoms with Crippen molar-refractivity contribution in [3.63, 3.8) is 0 Å². The van der Waals surface area contributed by atoms with Crippen LogP contribution in [0.25, 0.3) is 0 Å². The van der Waals surface area contributed by atoms with Gasteiger partial charge in [-0.05, 0) is 18.6 Å². The minimum absolute atomic E-state index is 0.769. The summed E-state index contributed by atoms with van der Waals surface area (Å²) in [4.78, 5) is 9.10. The molecule has 1 aromatic rings. The zero-order valence-electron chi connectivity index (χ0n) is 11.0. The van der Waals surface area contributed by atoms with Crippen LogP contribution in [0, 0.1) is 0 Å². The summed E-state index contributed by atoms with van der Waals surface area (Å²) in [5.74, 6) is 0.925. The summed E-state index contributed by atoms with van der Waals surface area (Å²) in [6.45, 7) is 6.08. The molecule has 18 heavy (non-hydrogen) atoms. The summed E-state index contributed by atoms with van der Waals surface area (Å²) in [5.41, 5.74) is 6.72. The number of hydrogen-bond acceptors (Lipinski definition) is 5. The van der Waals surface area contributed by atoms with Crippen LogP contribution in [-0.4, -0.2) is 56.3 Å². The molecule has 0 bridgehead atoms. The van der Waals surface area contributed by atoms with E-state index in [1.807, 2.05) is 12.1 Å². The fraction of sp³-hybridized carbons (Fsp3) is 0.615. The quantitative estimate of drug-likeness (QED) is 0.784. The van der Waals surface area contributed by atoms with Gasteiger partial charge in [-0.2, -0.15) is 0 Å². The van der Waals surface area contributed by atoms with E-state index in [0.29, 0.717) is 0 Å². The third-order valence-corrected chi connectivity index (χ3v) is 3.31. The molecule has 0 amide bonds. The Bertz CT molecular complexity index is 364. The van der Waals surface area contributed by atoms with Crippen molar-refractivity contribution in [2.24, 2.45) is 0 Å². The van der Waals surface area contributed by atoms with Gasteiger partial charge in [-0.1, -0.05) is 0 Å². The van der Waals surface area contributed by atoms with Crippen LogP contribution in [0.2, 0.25) is 0 Å². The molecule has 1 aliphatic rings. The Labute approximate surface area is 109 Å². The highest BCUT2D eigenvalue weighted by molar-refractivity contribution is 5.62. The van der Waals surface area contributed by atoms with Crippen LogP contribution < -0.4 is 10.6 Å². The molecule has 0 aromatic carbocycles. The van der Waals surface area contributed by atoms with Gasteiger partial charge in [-0.15, -0.1) is 0 Å². The molecule has 2 rings (SSSR count). The minimum atomic E-state index is 0.769. The topological polar surface area (TPSA) is 54.6 Å². The van der Waals surface area contributed by atoms with Gasteiger partial charge in [0.25, 0.3) is 0 Å². The molecule has 0 radical (unpaired) electrons. The summed E-state index contributed by atoms with van der Waals surface area (Å²) < 4.78 is 5.08. The monoisotopic (exact) mass is 250 g/mol. The molecule has 0 aliphatic carbocycles. The van der Waals surface area contributed by atoms with Crippen molar-refractivity contribution >= 4 is 11.5 Å². The fourth-order valence-corrected chi connectivity index (χ4v) is 2.29. The molecular weight excluding hydrogens is 228 g/mol. The van der Waals surface area contributed by atoms with E-state index in [-0.39, 0.29) is 0 Å². The SMILES string of the molecule is COCCCN1CCN(c2ncccc2N)CC1. The zero-order chi connectivity index (χ0) is 12.8. The first-order chi connectivity index (χ1) is 8.81. The van der Waals surface area contributed by atoms with Crippen molar-refractivity contribution in [2.45, 2.75) is 6.42 Å². The second kappa shape index (κ2) is 6.56. The average molecular weight is 250 g/mol. The van der Waals surface area contributed by atoms with Gasteiger partial charge >= 0.3 is 0 Å². The number of nitrogens with two attached hydrogens (primary N) is 1. The predicted molar refractivity (Wildman–Crippen MR) is 73.8 cm³/mol. The number of anilines is 2. The maximum absolute atomic E-state index is 5.95. The predicted octanol–water partition coefficient (Wildman–Crippen LogP) is 0.822. The molecule has 5 heteroatoms. The number of ether oxygens (including phenoxy) is 1. The largest absolute Gasteiger partial charge is 0.396 e. The lowest BCUT2D eigenvalue weighted by molar-refractivity contribution is 0.169. The number of aromatic nitrogens is 1. The maximum atomic E-state index is 5.95. The third-order valence-electron chi connectivity index (χ3n) is 3.31. The molecule has 0 unspecified atom stereocenters. The minimum Gasteiger partial charge on any atom is -0.396 e. The first-order valence-corrected chi connectivity index (χ1v) is 6.48. The first kappa shape index (κ1) is 13.1. The van der Waals surface area contributed by atoms with E-state index in [4.69, 9.17) is 10.5 Å². The Morgan fingerprint density at radius 1 is 1.33 bits per heavy atom. The molecule has 100 valence electrons. The van der Waals surface area contributed by atoms with E-state index in [1.54, 1.807) is 13.3 Å². The van der Waals surface area contributed by atoms with Crippen LogP contribution in [0.1, 0.15) is 6.42 Å². The summed E-state index contributed by atoms with van der Waals surface area (Å²) in [7, 11) is 1.75. The highest BCUT2D eigenvalue weighted by Gasteiger charge is 2.18. The summed E-state index contributed by atoms with van der Waals surface area (Å²) in [5, 5.41) is 0. The lowest BCUT2D eigenvalue weighted by atomic mass is 10.2. The maximum Gasteiger partial charge on any atom is 0.151 e. The number of methoxy groups -OCH3 is 1. The second-order valence-electron chi connectivity index (χ2n) is 4.59. The molecule has 0 spiro atoms. The van der Waals surface area contributed by atoms with Gasteiger partial charge in [-0.3, -0.25) is 4.90 Å². The summed E-state index contributed by atoms with van der Waals surface area (Å²) in [6.07, 6.45) is 2.90. The normalized spacial score (nSPS) is 17.1. The molecular formula is C13H22N4O. The number of rotatable bonds is 5. The van der Waals surface area contributed by atoms with Crippen molar-refractivity contribution in [1.29, 1.82) is 0 Å². The van der Waals surface area contributed by atoms with Crippen molar-refractivity contribution in [2.75, 3.05) is 57.1 Å². The van der Waals surface area contributed by atoms with Crippen molar-refractivity contribution in [3.05, 3.63) is 18.3 Å². The Hall–Kier alpha value is -1.33. The van der Waals surface area contributed by atoms with Crippen molar-refractivity contribution in [1.82, 2.24) is 9.88 Å². The highest BCUT2D eigenvalue weighted by Crippen LogP contribution is 2.20. The van der Waals surface area contributed by atoms with E-state index in [9.17, 15) is 0 Å². The van der Waals surface area contributed by atoms with E-state index in [0.717, 1.165) is 57.3 Å². The smallest absolute Gasteiger partial charge is 0.151 e. The number of pyridine rings is 1. The number of nitrogens with zero attached hydrogens (tertiary/aromatic N) is 3. The Balaban J connectivity index is 1.81. The van der Waals surface area contributed by atoms with Gasteiger partial charge in [0.2, 0.25) is 0 Å². The van der Waals surface area contributed by atoms with Crippen LogP contribution in [-0.2, 0) is 4.74 Å². The fourth-order valence-electron chi connectivity index (χ4n) is 2.29. The molecule has 1 aromatic heterocycles. The molecule has 1 aliphatic heterocycles. The van der Waals surface area contributed by atoms with Gasteiger partial charge < -0.3 is 15.4 Å². The number of piperazine rings is 1. The van der Waals surface area contributed by atoms with Gasteiger partial charge in [0.15, 0.2) is 5.82 Å². The Kier molecular flexibility index (Phi) is 4.78. The third kappa shape index (κ3) is 3.34. The molecule has 2 N–H and O–H groups in total. The molecule has 2 heterocycles. The second-order valence-corrected chi connectivity index (χ2v) is 4.59. The number of hydrogen-bond donors (Lipinski definition) is 1. The van der Waals surface area contributed by atoms with E-state index in [1.165, 1.54) is 0 Å². The van der Waals surface area contributed by atoms with Crippen LogP contribution in [0.15, 0.2) is 18.3 Å². The van der Waals surface area contributed by atoms with Crippen LogP contribution in [0.5, 0.6) is 0 Å². The molecule has 5 nitrogen and oxygen atoms in total. The average Bonchev–Trinajstić information content (AvgIpc) is 2.41. The van der Waals surface area contributed by atoms with Gasteiger partial charge in [0.05, 0.1) is 5.69 Å². The van der Waals surface area contributed by atoms with Gasteiger partial charge in [-0.25, -0.2) is 4.98 Å². The Morgan fingerprint density at radius 3 is 2.78 bits per heavy atom. The molecule has 0 saturated carbocycles. The molecule has 1 saturated heterocycles. The van der Waals surface area contributed by atoms with Crippen molar-refractivity contribution < 1.29 is 4.74 Å². The van der Waals surface area contributed by atoms with E-state index in [2.05, 4.69) is 14.8 Å². The highest BCUT2D eigenvalue weighted by atomic mass is 16.5. The van der Waals surface area contributed by atoms with Crippen molar-refractivity contribution in [3.8, 4) is 0 Å². The van der Waals surface area contributed by atoms with Crippen LogP contribution in [0.3, 0.4) is 0 Å². The molecule has 1 fully saturated rings. The van der Waals surface area contributed by atoms with E-state index < -0.39 is 0 Å². The summed E-state index contributed by atoms with van der Waals surface area (Å²) >= 11 is 0. The summed E-state index contributed by atoms with van der Waals surface area (Å²) in [6, 6.07) is 3.78. The lowest BCUT2D eigenvalue weighted by Crippen LogP contribution is -2.47. The first-order valence-electron chi connectivity index (χ1n) is 6.48.